The van der Waals surface area contributed by atoms with Crippen molar-refractivity contribution in [3.8, 4) is 0 Å². The van der Waals surface area contributed by atoms with Crippen LogP contribution in [0.25, 0.3) is 11.2 Å². The molecule has 4 aromatic rings. The van der Waals surface area contributed by atoms with E-state index < -0.39 is 5.69 Å². The highest BCUT2D eigenvalue weighted by Gasteiger charge is 2.24. The highest BCUT2D eigenvalue weighted by Crippen LogP contribution is 2.26. The standard InChI is InChI=1S/C27H29Cl2N5O2/c1-31-25-24(26(35)32(2)27(31)36)34(16-20-8-9-21(28)15-22(20)29)23(30-25)17-33-12-10-19(11-13-33)14-18-6-4-3-5-7-18/h3-9,15,19H,10-14,16-17H2,1-2H3. The van der Waals surface area contributed by atoms with Gasteiger partial charge in [-0.15, -0.1) is 0 Å². The van der Waals surface area contributed by atoms with Gasteiger partial charge in [0, 0.05) is 24.1 Å². The lowest BCUT2D eigenvalue weighted by Crippen LogP contribution is -2.37. The molecule has 3 heterocycles. The number of fused-ring (bicyclic) bond motifs is 1. The molecule has 0 atom stereocenters. The maximum Gasteiger partial charge on any atom is 0.332 e. The molecule has 2 aromatic carbocycles. The zero-order valence-corrected chi connectivity index (χ0v) is 22.0. The first-order valence-electron chi connectivity index (χ1n) is 12.2. The summed E-state index contributed by atoms with van der Waals surface area (Å²) in [5.41, 5.74) is 2.25. The fraction of sp³-hybridized carbons (Fsp3) is 0.370. The Morgan fingerprint density at radius 3 is 2.36 bits per heavy atom. The molecule has 0 unspecified atom stereocenters. The molecule has 0 radical (unpaired) electrons. The molecule has 7 nitrogen and oxygen atoms in total. The maximum atomic E-state index is 13.2. The van der Waals surface area contributed by atoms with E-state index in [2.05, 4.69) is 35.2 Å². The van der Waals surface area contributed by atoms with Gasteiger partial charge in [0.15, 0.2) is 11.2 Å². The Balaban J connectivity index is 1.45. The van der Waals surface area contributed by atoms with Crippen LogP contribution in [-0.4, -0.2) is 36.7 Å². The molecule has 0 amide bonds. The Labute approximate surface area is 219 Å². The van der Waals surface area contributed by atoms with Crippen molar-refractivity contribution in [2.45, 2.75) is 32.4 Å². The number of hydrogen-bond acceptors (Lipinski definition) is 4. The van der Waals surface area contributed by atoms with Crippen LogP contribution in [0.4, 0.5) is 0 Å². The Morgan fingerprint density at radius 2 is 1.67 bits per heavy atom. The van der Waals surface area contributed by atoms with Crippen LogP contribution in [0.3, 0.4) is 0 Å². The highest BCUT2D eigenvalue weighted by atomic mass is 35.5. The SMILES string of the molecule is Cn1c(=O)c2c(nc(CN3CCC(Cc4ccccc4)CC3)n2Cc2ccc(Cl)cc2Cl)n(C)c1=O. The summed E-state index contributed by atoms with van der Waals surface area (Å²) in [5.74, 6) is 1.40. The fourth-order valence-corrected chi connectivity index (χ4v) is 5.57. The maximum absolute atomic E-state index is 13.2. The summed E-state index contributed by atoms with van der Waals surface area (Å²) in [6.45, 7) is 2.87. The molecule has 1 fully saturated rings. The first kappa shape index (κ1) is 24.8. The van der Waals surface area contributed by atoms with Gasteiger partial charge < -0.3 is 4.57 Å². The van der Waals surface area contributed by atoms with Gasteiger partial charge in [0.1, 0.15) is 5.82 Å². The van der Waals surface area contributed by atoms with Crippen molar-refractivity contribution >= 4 is 34.4 Å². The van der Waals surface area contributed by atoms with Gasteiger partial charge in [-0.2, -0.15) is 0 Å². The molecule has 1 aliphatic heterocycles. The monoisotopic (exact) mass is 525 g/mol. The number of imidazole rings is 1. The van der Waals surface area contributed by atoms with E-state index in [4.69, 9.17) is 28.2 Å². The van der Waals surface area contributed by atoms with E-state index in [0.29, 0.717) is 40.2 Å². The van der Waals surface area contributed by atoms with Crippen molar-refractivity contribution in [3.05, 3.63) is 96.4 Å². The molecule has 0 aliphatic carbocycles. The van der Waals surface area contributed by atoms with E-state index in [1.54, 1.807) is 19.2 Å². The lowest BCUT2D eigenvalue weighted by atomic mass is 9.90. The van der Waals surface area contributed by atoms with Gasteiger partial charge >= 0.3 is 5.69 Å². The molecule has 5 rings (SSSR count). The largest absolute Gasteiger partial charge is 0.332 e. The summed E-state index contributed by atoms with van der Waals surface area (Å²) in [5, 5.41) is 1.08. The van der Waals surface area contributed by atoms with E-state index in [-0.39, 0.29) is 5.56 Å². The second-order valence-electron chi connectivity index (χ2n) is 9.64. The Morgan fingerprint density at radius 1 is 0.944 bits per heavy atom. The third-order valence-electron chi connectivity index (χ3n) is 7.21. The average Bonchev–Trinajstić information content (AvgIpc) is 3.22. The smallest absolute Gasteiger partial charge is 0.316 e. The van der Waals surface area contributed by atoms with Crippen LogP contribution < -0.4 is 11.2 Å². The summed E-state index contributed by atoms with van der Waals surface area (Å²) < 4.78 is 4.47. The van der Waals surface area contributed by atoms with Crippen LogP contribution >= 0.6 is 23.2 Å². The van der Waals surface area contributed by atoms with Gasteiger partial charge in [0.25, 0.3) is 5.56 Å². The van der Waals surface area contributed by atoms with Gasteiger partial charge in [-0.3, -0.25) is 18.8 Å². The van der Waals surface area contributed by atoms with Crippen LogP contribution in [0.5, 0.6) is 0 Å². The molecule has 188 valence electrons. The van der Waals surface area contributed by atoms with E-state index >= 15 is 0 Å². The molecule has 36 heavy (non-hydrogen) atoms. The summed E-state index contributed by atoms with van der Waals surface area (Å²) in [7, 11) is 3.14. The summed E-state index contributed by atoms with van der Waals surface area (Å²) in [6.07, 6.45) is 3.32. The van der Waals surface area contributed by atoms with Crippen molar-refractivity contribution in [2.75, 3.05) is 13.1 Å². The van der Waals surface area contributed by atoms with Crippen molar-refractivity contribution in [1.29, 1.82) is 0 Å². The van der Waals surface area contributed by atoms with Crippen LogP contribution in [0.15, 0.2) is 58.1 Å². The normalized spacial score (nSPS) is 15.1. The van der Waals surface area contributed by atoms with E-state index in [1.807, 2.05) is 10.6 Å². The second-order valence-corrected chi connectivity index (χ2v) is 10.5. The van der Waals surface area contributed by atoms with Gasteiger partial charge in [0.05, 0.1) is 13.1 Å². The minimum Gasteiger partial charge on any atom is -0.316 e. The molecule has 1 aliphatic rings. The van der Waals surface area contributed by atoms with Crippen LogP contribution in [-0.2, 0) is 33.6 Å². The lowest BCUT2D eigenvalue weighted by molar-refractivity contribution is 0.172. The minimum atomic E-state index is -0.394. The first-order valence-corrected chi connectivity index (χ1v) is 12.9. The van der Waals surface area contributed by atoms with Crippen molar-refractivity contribution in [1.82, 2.24) is 23.6 Å². The van der Waals surface area contributed by atoms with E-state index in [1.165, 1.54) is 17.2 Å². The Hall–Kier alpha value is -2.87. The predicted molar refractivity (Wildman–Crippen MR) is 144 cm³/mol. The Bertz CT molecular complexity index is 1520. The third kappa shape index (κ3) is 4.88. The quantitative estimate of drug-likeness (QED) is 0.377. The minimum absolute atomic E-state index is 0.361. The summed E-state index contributed by atoms with van der Waals surface area (Å²) >= 11 is 12.6. The molecule has 9 heteroatoms. The van der Waals surface area contributed by atoms with Crippen molar-refractivity contribution in [2.24, 2.45) is 20.0 Å². The third-order valence-corrected chi connectivity index (χ3v) is 7.80. The van der Waals surface area contributed by atoms with E-state index in [9.17, 15) is 9.59 Å². The number of nitrogens with zero attached hydrogens (tertiary/aromatic N) is 5. The van der Waals surface area contributed by atoms with Crippen molar-refractivity contribution in [3.63, 3.8) is 0 Å². The van der Waals surface area contributed by atoms with Gasteiger partial charge in [-0.1, -0.05) is 59.6 Å². The summed E-state index contributed by atoms with van der Waals surface area (Å²) in [4.78, 5) is 33.0. The van der Waals surface area contributed by atoms with Gasteiger partial charge in [0.2, 0.25) is 0 Å². The van der Waals surface area contributed by atoms with E-state index in [0.717, 1.165) is 48.3 Å². The number of likely N-dealkylation sites (tertiary alicyclic amines) is 1. The molecular weight excluding hydrogens is 497 g/mol. The molecule has 2 aromatic heterocycles. The van der Waals surface area contributed by atoms with Crippen LogP contribution in [0, 0.1) is 5.92 Å². The topological polar surface area (TPSA) is 65.1 Å². The lowest BCUT2D eigenvalue weighted by Gasteiger charge is -2.31. The van der Waals surface area contributed by atoms with Gasteiger partial charge in [-0.25, -0.2) is 9.78 Å². The zero-order chi connectivity index (χ0) is 25.4. The number of piperidine rings is 1. The molecule has 0 spiro atoms. The number of rotatable bonds is 6. The first-order chi connectivity index (χ1) is 17.3. The van der Waals surface area contributed by atoms with Gasteiger partial charge in [-0.05, 0) is 61.5 Å². The molecule has 0 bridgehead atoms. The summed E-state index contributed by atoms with van der Waals surface area (Å²) in [6, 6.07) is 16.0. The molecule has 1 saturated heterocycles. The second kappa shape index (κ2) is 10.2. The number of aromatic nitrogens is 4. The average molecular weight is 526 g/mol. The fourth-order valence-electron chi connectivity index (χ4n) is 5.10. The van der Waals surface area contributed by atoms with Crippen LogP contribution in [0.2, 0.25) is 10.0 Å². The molecule has 0 N–H and O–H groups in total. The predicted octanol–water partition coefficient (Wildman–Crippen LogP) is 4.24. The number of benzene rings is 2. The number of hydrogen-bond donors (Lipinski definition) is 0. The number of halogens is 2. The van der Waals surface area contributed by atoms with Crippen LogP contribution in [0.1, 0.15) is 29.8 Å². The van der Waals surface area contributed by atoms with Crippen molar-refractivity contribution < 1.29 is 0 Å². The molecule has 0 saturated carbocycles. The number of aryl methyl sites for hydroxylation is 1. The Kier molecular flexibility index (Phi) is 7.06. The highest BCUT2D eigenvalue weighted by molar-refractivity contribution is 6.35. The molecular formula is C27H29Cl2N5O2. The zero-order valence-electron chi connectivity index (χ0n) is 20.5.